The van der Waals surface area contributed by atoms with Crippen LogP contribution in [0, 0.1) is 5.92 Å². The van der Waals surface area contributed by atoms with Crippen molar-refractivity contribution in [2.45, 2.75) is 32.1 Å². The lowest BCUT2D eigenvalue weighted by Crippen LogP contribution is -2.31. The number of nitrogens with two attached hydrogens (primary N) is 1. The van der Waals surface area contributed by atoms with Crippen LogP contribution in [0.15, 0.2) is 0 Å². The molecule has 6 heteroatoms. The molecule has 16 heavy (non-hydrogen) atoms. The van der Waals surface area contributed by atoms with Crippen LogP contribution < -0.4 is 11.1 Å². The van der Waals surface area contributed by atoms with Crippen LogP contribution in [0.4, 0.5) is 4.79 Å². The molecular weight excluding hydrogens is 228 g/mol. The van der Waals surface area contributed by atoms with Gasteiger partial charge in [-0.15, -0.1) is 0 Å². The molecule has 0 saturated heterocycles. The highest BCUT2D eigenvalue weighted by Gasteiger charge is 2.22. The number of nitrogens with one attached hydrogen (secondary N) is 1. The molecule has 0 atom stereocenters. The summed E-state index contributed by atoms with van der Waals surface area (Å²) in [5.74, 6) is 0.807. The molecular formula is C10H20N2O3S. The minimum Gasteiger partial charge on any atom is -0.352 e. The van der Waals surface area contributed by atoms with Crippen molar-refractivity contribution in [2.75, 3.05) is 18.1 Å². The number of sulfone groups is 1. The Morgan fingerprint density at radius 1 is 1.31 bits per heavy atom. The molecule has 1 aliphatic rings. The first-order valence-corrected chi connectivity index (χ1v) is 7.55. The van der Waals surface area contributed by atoms with Gasteiger partial charge in [0.25, 0.3) is 0 Å². The lowest BCUT2D eigenvalue weighted by molar-refractivity contribution is 0.249. The number of urea groups is 1. The molecule has 0 unspecified atom stereocenters. The molecule has 2 amide bonds. The third-order valence-corrected chi connectivity index (χ3v) is 4.79. The maximum absolute atomic E-state index is 11.7. The monoisotopic (exact) mass is 248 g/mol. The van der Waals surface area contributed by atoms with Crippen molar-refractivity contribution in [3.8, 4) is 0 Å². The SMILES string of the molecule is NC(=O)NCCCS(=O)(=O)CC1CCCC1. The van der Waals surface area contributed by atoms with Crippen LogP contribution in [0.5, 0.6) is 0 Å². The van der Waals surface area contributed by atoms with Crippen molar-refractivity contribution in [3.05, 3.63) is 0 Å². The first-order valence-electron chi connectivity index (χ1n) is 5.73. The number of hydrogen-bond acceptors (Lipinski definition) is 3. The van der Waals surface area contributed by atoms with E-state index < -0.39 is 15.9 Å². The normalized spacial score (nSPS) is 17.5. The van der Waals surface area contributed by atoms with Crippen molar-refractivity contribution in [1.29, 1.82) is 0 Å². The molecule has 0 heterocycles. The van der Waals surface area contributed by atoms with Crippen LogP contribution in [-0.2, 0) is 9.84 Å². The number of carbonyl (C=O) groups is 1. The van der Waals surface area contributed by atoms with Gasteiger partial charge in [0, 0.05) is 6.54 Å². The molecule has 0 aromatic heterocycles. The fourth-order valence-corrected chi connectivity index (χ4v) is 3.93. The van der Waals surface area contributed by atoms with Crippen molar-refractivity contribution in [1.82, 2.24) is 5.32 Å². The van der Waals surface area contributed by atoms with E-state index in [-0.39, 0.29) is 5.75 Å². The van der Waals surface area contributed by atoms with Gasteiger partial charge in [0.05, 0.1) is 11.5 Å². The van der Waals surface area contributed by atoms with Crippen LogP contribution in [0.2, 0.25) is 0 Å². The van der Waals surface area contributed by atoms with Gasteiger partial charge >= 0.3 is 6.03 Å². The standard InChI is InChI=1S/C10H20N2O3S/c11-10(13)12-6-3-7-16(14,15)8-9-4-1-2-5-9/h9H,1-8H2,(H3,11,12,13). The van der Waals surface area contributed by atoms with Gasteiger partial charge in [0.15, 0.2) is 9.84 Å². The topological polar surface area (TPSA) is 89.3 Å². The van der Waals surface area contributed by atoms with E-state index in [1.54, 1.807) is 0 Å². The number of rotatable bonds is 6. The van der Waals surface area contributed by atoms with Crippen LogP contribution in [-0.4, -0.2) is 32.5 Å². The molecule has 0 bridgehead atoms. The molecule has 3 N–H and O–H groups in total. The zero-order valence-electron chi connectivity index (χ0n) is 9.44. The zero-order valence-corrected chi connectivity index (χ0v) is 10.3. The molecule has 1 saturated carbocycles. The van der Waals surface area contributed by atoms with E-state index in [4.69, 9.17) is 5.73 Å². The van der Waals surface area contributed by atoms with Gasteiger partial charge in [-0.2, -0.15) is 0 Å². The molecule has 5 nitrogen and oxygen atoms in total. The van der Waals surface area contributed by atoms with E-state index >= 15 is 0 Å². The Morgan fingerprint density at radius 2 is 1.94 bits per heavy atom. The summed E-state index contributed by atoms with van der Waals surface area (Å²) >= 11 is 0. The van der Waals surface area contributed by atoms with E-state index in [2.05, 4.69) is 5.32 Å². The van der Waals surface area contributed by atoms with E-state index in [0.29, 0.717) is 24.6 Å². The summed E-state index contributed by atoms with van der Waals surface area (Å²) < 4.78 is 23.4. The second kappa shape index (κ2) is 6.08. The highest BCUT2D eigenvalue weighted by atomic mass is 32.2. The summed E-state index contributed by atoms with van der Waals surface area (Å²) in [6.07, 6.45) is 4.84. The first kappa shape index (κ1) is 13.3. The molecule has 1 fully saturated rings. The molecule has 0 aromatic carbocycles. The highest BCUT2D eigenvalue weighted by Crippen LogP contribution is 2.26. The minimum absolute atomic E-state index is 0.143. The summed E-state index contributed by atoms with van der Waals surface area (Å²) in [5.41, 5.74) is 4.87. The van der Waals surface area contributed by atoms with Gasteiger partial charge in [0.2, 0.25) is 0 Å². The van der Waals surface area contributed by atoms with E-state index in [9.17, 15) is 13.2 Å². The lowest BCUT2D eigenvalue weighted by atomic mass is 10.1. The average Bonchev–Trinajstić information content (AvgIpc) is 2.64. The maximum Gasteiger partial charge on any atom is 0.312 e. The Balaban J connectivity index is 2.20. The third kappa shape index (κ3) is 5.34. The van der Waals surface area contributed by atoms with E-state index in [0.717, 1.165) is 25.7 Å². The quantitative estimate of drug-likeness (QED) is 0.676. The maximum atomic E-state index is 11.7. The van der Waals surface area contributed by atoms with Gasteiger partial charge in [-0.05, 0) is 25.2 Å². The fourth-order valence-electron chi connectivity index (χ4n) is 2.12. The average molecular weight is 248 g/mol. The van der Waals surface area contributed by atoms with Crippen molar-refractivity contribution < 1.29 is 13.2 Å². The number of amides is 2. The highest BCUT2D eigenvalue weighted by molar-refractivity contribution is 7.91. The molecule has 0 radical (unpaired) electrons. The molecule has 0 spiro atoms. The number of carbonyl (C=O) groups excluding carboxylic acids is 1. The van der Waals surface area contributed by atoms with Gasteiger partial charge in [-0.3, -0.25) is 0 Å². The Labute approximate surface area is 96.7 Å². The van der Waals surface area contributed by atoms with Crippen molar-refractivity contribution in [2.24, 2.45) is 11.7 Å². The van der Waals surface area contributed by atoms with Crippen LogP contribution in [0.3, 0.4) is 0 Å². The second-order valence-electron chi connectivity index (χ2n) is 4.41. The summed E-state index contributed by atoms with van der Waals surface area (Å²) in [4.78, 5) is 10.4. The van der Waals surface area contributed by atoms with Gasteiger partial charge in [0.1, 0.15) is 0 Å². The smallest absolute Gasteiger partial charge is 0.312 e. The molecule has 0 aliphatic heterocycles. The Kier molecular flexibility index (Phi) is 5.05. The molecule has 1 rings (SSSR count). The van der Waals surface area contributed by atoms with E-state index in [1.807, 2.05) is 0 Å². The Morgan fingerprint density at radius 3 is 2.50 bits per heavy atom. The van der Waals surface area contributed by atoms with Crippen molar-refractivity contribution >= 4 is 15.9 Å². The molecule has 0 aromatic rings. The summed E-state index contributed by atoms with van der Waals surface area (Å²) in [7, 11) is -2.96. The predicted molar refractivity (Wildman–Crippen MR) is 62.8 cm³/mol. The van der Waals surface area contributed by atoms with Gasteiger partial charge < -0.3 is 11.1 Å². The predicted octanol–water partition coefficient (Wildman–Crippen LogP) is 0.650. The molecule has 94 valence electrons. The van der Waals surface area contributed by atoms with Crippen LogP contribution in [0.1, 0.15) is 32.1 Å². The largest absolute Gasteiger partial charge is 0.352 e. The number of hydrogen-bond donors (Lipinski definition) is 2. The third-order valence-electron chi connectivity index (χ3n) is 2.90. The Hall–Kier alpha value is -0.780. The summed E-state index contributed by atoms with van der Waals surface area (Å²) in [5, 5.41) is 2.39. The summed E-state index contributed by atoms with van der Waals surface area (Å²) in [6, 6.07) is -0.604. The van der Waals surface area contributed by atoms with Gasteiger partial charge in [-0.25, -0.2) is 13.2 Å². The Bertz CT molecular complexity index is 321. The fraction of sp³-hybridized carbons (Fsp3) is 0.900. The van der Waals surface area contributed by atoms with Gasteiger partial charge in [-0.1, -0.05) is 12.8 Å². The summed E-state index contributed by atoms with van der Waals surface area (Å²) in [6.45, 7) is 0.333. The second-order valence-corrected chi connectivity index (χ2v) is 6.64. The number of primary amides is 1. The van der Waals surface area contributed by atoms with Crippen LogP contribution in [0.25, 0.3) is 0 Å². The molecule has 1 aliphatic carbocycles. The van der Waals surface area contributed by atoms with E-state index in [1.165, 1.54) is 0 Å². The van der Waals surface area contributed by atoms with Crippen molar-refractivity contribution in [3.63, 3.8) is 0 Å². The lowest BCUT2D eigenvalue weighted by Gasteiger charge is -2.09. The minimum atomic E-state index is -2.96. The van der Waals surface area contributed by atoms with Crippen LogP contribution >= 0.6 is 0 Å². The zero-order chi connectivity index (χ0) is 12.0. The first-order chi connectivity index (χ1) is 7.49.